The van der Waals surface area contributed by atoms with Crippen LogP contribution in [0.2, 0.25) is 0 Å². The first-order valence-corrected chi connectivity index (χ1v) is 11.9. The van der Waals surface area contributed by atoms with Crippen LogP contribution in [0.4, 0.5) is 31.9 Å². The van der Waals surface area contributed by atoms with Crippen molar-refractivity contribution >= 4 is 35.0 Å². The molecule has 2 aromatic rings. The molecule has 3 aliphatic rings. The van der Waals surface area contributed by atoms with Crippen LogP contribution in [0.15, 0.2) is 48.3 Å². The first-order valence-electron chi connectivity index (χ1n) is 11.9. The summed E-state index contributed by atoms with van der Waals surface area (Å²) in [5.41, 5.74) is 7.56. The van der Waals surface area contributed by atoms with Gasteiger partial charge in [0.1, 0.15) is 11.4 Å². The van der Waals surface area contributed by atoms with Crippen molar-refractivity contribution in [3.05, 3.63) is 53.9 Å². The van der Waals surface area contributed by atoms with Gasteiger partial charge in [-0.05, 0) is 43.2 Å². The van der Waals surface area contributed by atoms with Crippen molar-refractivity contribution in [1.82, 2.24) is 14.9 Å². The predicted octanol–water partition coefficient (Wildman–Crippen LogP) is 2.66. The van der Waals surface area contributed by atoms with E-state index in [1.807, 2.05) is 0 Å². The van der Waals surface area contributed by atoms with Crippen molar-refractivity contribution in [3.8, 4) is 5.75 Å². The van der Waals surface area contributed by atoms with Gasteiger partial charge in [-0.25, -0.2) is 4.98 Å². The maximum Gasteiger partial charge on any atom is 0.342 e. The highest BCUT2D eigenvalue weighted by Gasteiger charge is 2.48. The first-order chi connectivity index (χ1) is 17.7. The minimum Gasteiger partial charge on any atom is -0.495 e. The monoisotopic (exact) mass is 511 g/mol. The van der Waals surface area contributed by atoms with Gasteiger partial charge in [-0.1, -0.05) is 6.08 Å². The molecule has 37 heavy (non-hydrogen) atoms. The van der Waals surface area contributed by atoms with Crippen molar-refractivity contribution in [1.29, 1.82) is 0 Å². The van der Waals surface area contributed by atoms with E-state index in [0.29, 0.717) is 35.8 Å². The number of fused-ring (bicyclic) bond motifs is 1. The Morgan fingerprint density at radius 3 is 2.65 bits per heavy atom. The number of nitrogens with two attached hydrogens (primary N) is 1. The number of nitrogens with zero attached hydrogens (tertiary/aromatic N) is 5. The molecular formula is C25H27F2N7O3. The highest BCUT2D eigenvalue weighted by Crippen LogP contribution is 2.39. The topological polar surface area (TPSA) is 117 Å². The van der Waals surface area contributed by atoms with Crippen molar-refractivity contribution in [3.63, 3.8) is 0 Å². The van der Waals surface area contributed by atoms with E-state index in [0.717, 1.165) is 17.7 Å². The molecule has 1 aromatic heterocycles. The van der Waals surface area contributed by atoms with Gasteiger partial charge in [-0.3, -0.25) is 9.59 Å². The Morgan fingerprint density at radius 2 is 2.00 bits per heavy atom. The zero-order valence-electron chi connectivity index (χ0n) is 20.4. The zero-order valence-corrected chi connectivity index (χ0v) is 20.4. The number of nitrogens with one attached hydrogen (secondary N) is 1. The smallest absolute Gasteiger partial charge is 0.342 e. The summed E-state index contributed by atoms with van der Waals surface area (Å²) in [7, 11) is 2.75. The quantitative estimate of drug-likeness (QED) is 0.630. The SMILES string of the molecule is COc1cc(C(=O)N2CCC(N)CC2)ccc1Nc1ncc2c(n1)N(C1=CC=C1)CC(F)(F)C(=O)N2C. The van der Waals surface area contributed by atoms with Crippen LogP contribution in [0.5, 0.6) is 5.75 Å². The second-order valence-corrected chi connectivity index (χ2v) is 9.18. The van der Waals surface area contributed by atoms with Crippen molar-refractivity contribution in [2.75, 3.05) is 48.9 Å². The van der Waals surface area contributed by atoms with Gasteiger partial charge in [0.15, 0.2) is 5.82 Å². The lowest BCUT2D eigenvalue weighted by molar-refractivity contribution is -0.140. The third-order valence-electron chi connectivity index (χ3n) is 6.71. The van der Waals surface area contributed by atoms with E-state index in [9.17, 15) is 18.4 Å². The largest absolute Gasteiger partial charge is 0.495 e. The average Bonchev–Trinajstić information content (AvgIpc) is 2.92. The Balaban J connectivity index is 1.43. The number of ether oxygens (including phenoxy) is 1. The van der Waals surface area contributed by atoms with Gasteiger partial charge in [0.2, 0.25) is 5.95 Å². The summed E-state index contributed by atoms with van der Waals surface area (Å²) in [6, 6.07) is 5.10. The fourth-order valence-corrected chi connectivity index (χ4v) is 4.47. The van der Waals surface area contributed by atoms with E-state index in [1.54, 1.807) is 41.3 Å². The molecule has 12 heteroatoms. The van der Waals surface area contributed by atoms with Crippen molar-refractivity contribution in [2.45, 2.75) is 24.8 Å². The van der Waals surface area contributed by atoms with Gasteiger partial charge in [-0.2, -0.15) is 13.8 Å². The van der Waals surface area contributed by atoms with Gasteiger partial charge >= 0.3 is 5.92 Å². The summed E-state index contributed by atoms with van der Waals surface area (Å²) in [4.78, 5) is 38.0. The lowest BCUT2D eigenvalue weighted by Crippen LogP contribution is -2.46. The molecule has 2 amide bonds. The number of benzene rings is 1. The number of likely N-dealkylation sites (tertiary alicyclic amines) is 1. The molecule has 0 atom stereocenters. The summed E-state index contributed by atoms with van der Waals surface area (Å²) in [5, 5.41) is 3.04. The van der Waals surface area contributed by atoms with Gasteiger partial charge in [-0.15, -0.1) is 0 Å². The second kappa shape index (κ2) is 9.43. The Hall–Kier alpha value is -4.06. The molecule has 0 bridgehead atoms. The Morgan fingerprint density at radius 1 is 1.27 bits per heavy atom. The summed E-state index contributed by atoms with van der Waals surface area (Å²) in [6.07, 6.45) is 7.89. The number of rotatable bonds is 5. The van der Waals surface area contributed by atoms with Crippen LogP contribution in [-0.2, 0) is 4.79 Å². The third kappa shape index (κ3) is 4.59. The molecule has 0 spiro atoms. The maximum absolute atomic E-state index is 14.6. The number of carbonyl (C=O) groups is 2. The number of amides is 2. The molecule has 3 N–H and O–H groups in total. The van der Waals surface area contributed by atoms with Crippen LogP contribution >= 0.6 is 0 Å². The summed E-state index contributed by atoms with van der Waals surface area (Å²) < 4.78 is 34.8. The number of piperidine rings is 1. The van der Waals surface area contributed by atoms with E-state index in [-0.39, 0.29) is 29.4 Å². The molecule has 1 aromatic carbocycles. The number of alkyl halides is 2. The van der Waals surface area contributed by atoms with Gasteiger partial charge < -0.3 is 30.5 Å². The van der Waals surface area contributed by atoms with Crippen molar-refractivity contribution in [2.24, 2.45) is 5.73 Å². The lowest BCUT2D eigenvalue weighted by atomic mass is 10.0. The zero-order chi connectivity index (χ0) is 26.3. The molecule has 0 unspecified atom stereocenters. The van der Waals surface area contributed by atoms with Crippen molar-refractivity contribution < 1.29 is 23.1 Å². The number of aromatic nitrogens is 2. The maximum atomic E-state index is 14.6. The second-order valence-electron chi connectivity index (χ2n) is 9.18. The number of carbonyl (C=O) groups excluding carboxylic acids is 2. The van der Waals surface area contributed by atoms with Crippen LogP contribution < -0.4 is 25.6 Å². The molecule has 1 aliphatic carbocycles. The fourth-order valence-electron chi connectivity index (χ4n) is 4.47. The van der Waals surface area contributed by atoms with E-state index in [4.69, 9.17) is 10.5 Å². The van der Waals surface area contributed by atoms with Crippen LogP contribution in [0.25, 0.3) is 0 Å². The molecule has 0 radical (unpaired) electrons. The van der Waals surface area contributed by atoms with E-state index in [1.165, 1.54) is 25.3 Å². The number of anilines is 4. The molecule has 10 nitrogen and oxygen atoms in total. The Labute approximate surface area is 212 Å². The van der Waals surface area contributed by atoms with Gasteiger partial charge in [0.25, 0.3) is 11.8 Å². The fraction of sp³-hybridized carbons (Fsp3) is 0.360. The molecule has 3 heterocycles. The van der Waals surface area contributed by atoms with E-state index >= 15 is 0 Å². The predicted molar refractivity (Wildman–Crippen MR) is 134 cm³/mol. The van der Waals surface area contributed by atoms with Crippen LogP contribution in [-0.4, -0.2) is 72.4 Å². The highest BCUT2D eigenvalue weighted by atomic mass is 19.3. The number of hydrogen-bond acceptors (Lipinski definition) is 8. The molecule has 5 rings (SSSR count). The minimum absolute atomic E-state index is 0.107. The third-order valence-corrected chi connectivity index (χ3v) is 6.71. The Bertz CT molecular complexity index is 1310. The van der Waals surface area contributed by atoms with E-state index in [2.05, 4.69) is 15.3 Å². The van der Waals surface area contributed by atoms with Gasteiger partial charge in [0, 0.05) is 37.4 Å². The summed E-state index contributed by atoms with van der Waals surface area (Å²) in [5.74, 6) is -4.39. The van der Waals surface area contributed by atoms with Crippen LogP contribution in [0.3, 0.4) is 0 Å². The van der Waals surface area contributed by atoms with E-state index < -0.39 is 18.4 Å². The number of methoxy groups -OCH3 is 1. The molecular weight excluding hydrogens is 484 g/mol. The number of allylic oxidation sites excluding steroid dienone is 3. The van der Waals surface area contributed by atoms with Crippen LogP contribution in [0, 0.1) is 0 Å². The van der Waals surface area contributed by atoms with Crippen LogP contribution in [0.1, 0.15) is 23.2 Å². The first kappa shape index (κ1) is 24.6. The average molecular weight is 512 g/mol. The number of halogens is 2. The minimum atomic E-state index is -3.61. The molecule has 194 valence electrons. The molecule has 2 aliphatic heterocycles. The van der Waals surface area contributed by atoms with Gasteiger partial charge in [0.05, 0.1) is 25.5 Å². The molecule has 1 fully saturated rings. The lowest BCUT2D eigenvalue weighted by Gasteiger charge is -2.30. The number of hydrogen-bond donors (Lipinski definition) is 2. The standard InChI is InChI=1S/C25H27F2N7O3/c1-32-19-13-29-24(31-21(19)34(17-4-3-5-17)14-25(26,27)23(32)36)30-18-7-6-15(12-20(18)37-2)22(35)33-10-8-16(28)9-11-33/h3-7,12-13,16H,8-11,14,28H2,1-2H3,(H,29,30,31). The molecule has 1 saturated heterocycles. The summed E-state index contributed by atoms with van der Waals surface area (Å²) in [6.45, 7) is 0.351. The Kier molecular flexibility index (Phi) is 6.28. The summed E-state index contributed by atoms with van der Waals surface area (Å²) >= 11 is 0. The highest BCUT2D eigenvalue weighted by molar-refractivity contribution is 6.02. The normalized spacial score (nSPS) is 19.1. The molecule has 0 saturated carbocycles.